The van der Waals surface area contributed by atoms with Crippen molar-refractivity contribution < 1.29 is 13.9 Å². The summed E-state index contributed by atoms with van der Waals surface area (Å²) in [6.07, 6.45) is 3.28. The normalized spacial score (nSPS) is 11.8. The maximum atomic E-state index is 10.9. The lowest BCUT2D eigenvalue weighted by atomic mass is 10.1. The summed E-state index contributed by atoms with van der Waals surface area (Å²) in [6, 6.07) is 15.5. The van der Waals surface area contributed by atoms with Gasteiger partial charge in [0, 0.05) is 28.3 Å². The lowest BCUT2D eigenvalue weighted by Gasteiger charge is -1.99. The minimum atomic E-state index is 0.281. The van der Waals surface area contributed by atoms with Crippen molar-refractivity contribution in [2.24, 2.45) is 0 Å². The van der Waals surface area contributed by atoms with E-state index in [1.54, 1.807) is 12.5 Å². The Morgan fingerprint density at radius 1 is 0.773 bits per heavy atom. The van der Waals surface area contributed by atoms with Crippen molar-refractivity contribution in [3.63, 3.8) is 0 Å². The molecule has 22 heavy (non-hydrogen) atoms. The Balaban J connectivity index is 2.15. The highest BCUT2D eigenvalue weighted by atomic mass is 16.3. The van der Waals surface area contributed by atoms with E-state index in [1.807, 2.05) is 48.5 Å². The van der Waals surface area contributed by atoms with Crippen LogP contribution < -0.4 is 0 Å². The van der Waals surface area contributed by atoms with Crippen LogP contribution in [-0.4, -0.2) is 5.11 Å². The third kappa shape index (κ3) is 1.33. The van der Waals surface area contributed by atoms with Crippen molar-refractivity contribution in [2.45, 2.75) is 0 Å². The lowest BCUT2D eigenvalue weighted by molar-refractivity contribution is 0.489. The summed E-state index contributed by atoms with van der Waals surface area (Å²) in [6.45, 7) is 0. The Labute approximate surface area is 125 Å². The molecule has 0 bridgehead atoms. The van der Waals surface area contributed by atoms with Gasteiger partial charge in [0.25, 0.3) is 0 Å². The Kier molecular flexibility index (Phi) is 2.09. The van der Waals surface area contributed by atoms with Gasteiger partial charge in [-0.05, 0) is 47.2 Å². The molecule has 0 fully saturated rings. The first-order chi connectivity index (χ1) is 10.8. The van der Waals surface area contributed by atoms with Gasteiger partial charge in [0.1, 0.15) is 11.3 Å². The molecule has 0 aliphatic carbocycles. The van der Waals surface area contributed by atoms with E-state index < -0.39 is 0 Å². The number of aromatic hydroxyl groups is 1. The van der Waals surface area contributed by atoms with Crippen LogP contribution in [0.15, 0.2) is 69.9 Å². The van der Waals surface area contributed by atoms with Crippen molar-refractivity contribution >= 4 is 43.5 Å². The molecular formula is C19H11O3+. The van der Waals surface area contributed by atoms with Crippen LogP contribution in [0, 0.1) is 0 Å². The summed E-state index contributed by atoms with van der Waals surface area (Å²) >= 11 is 0. The quantitative estimate of drug-likeness (QED) is 0.384. The zero-order valence-electron chi connectivity index (χ0n) is 11.5. The topological polar surface area (TPSA) is 44.7 Å². The van der Waals surface area contributed by atoms with E-state index >= 15 is 0 Å². The van der Waals surface area contributed by atoms with Gasteiger partial charge in [0.2, 0.25) is 0 Å². The first-order valence-electron chi connectivity index (χ1n) is 7.09. The van der Waals surface area contributed by atoms with Crippen molar-refractivity contribution in [1.29, 1.82) is 0 Å². The summed E-state index contributed by atoms with van der Waals surface area (Å²) in [5.41, 5.74) is 1.52. The molecular weight excluding hydrogens is 276 g/mol. The molecule has 3 nitrogen and oxygen atoms in total. The Morgan fingerprint density at radius 3 is 2.45 bits per heavy atom. The first-order valence-corrected chi connectivity index (χ1v) is 7.09. The van der Waals surface area contributed by atoms with Gasteiger partial charge in [0.05, 0.1) is 11.6 Å². The van der Waals surface area contributed by atoms with Gasteiger partial charge < -0.3 is 9.52 Å². The van der Waals surface area contributed by atoms with Gasteiger partial charge >= 0.3 is 11.8 Å². The van der Waals surface area contributed by atoms with Gasteiger partial charge in [-0.15, -0.1) is 0 Å². The summed E-state index contributed by atoms with van der Waals surface area (Å²) in [5, 5.41) is 16.4. The summed E-state index contributed by atoms with van der Waals surface area (Å²) in [7, 11) is 0. The molecule has 2 heterocycles. The van der Waals surface area contributed by atoms with E-state index in [9.17, 15) is 5.11 Å². The van der Waals surface area contributed by atoms with Crippen LogP contribution in [0.4, 0.5) is 0 Å². The van der Waals surface area contributed by atoms with E-state index in [1.165, 1.54) is 0 Å². The zero-order valence-corrected chi connectivity index (χ0v) is 11.5. The van der Waals surface area contributed by atoms with E-state index in [0.29, 0.717) is 0 Å². The Bertz CT molecular complexity index is 1090. The highest BCUT2D eigenvalue weighted by Crippen LogP contribution is 2.45. The third-order valence-corrected chi connectivity index (χ3v) is 4.25. The highest BCUT2D eigenvalue weighted by molar-refractivity contribution is 6.29. The fourth-order valence-corrected chi connectivity index (χ4v) is 3.32. The fourth-order valence-electron chi connectivity index (χ4n) is 3.32. The summed E-state index contributed by atoms with van der Waals surface area (Å²) in [4.78, 5) is 0. The van der Waals surface area contributed by atoms with Crippen molar-refractivity contribution in [2.75, 3.05) is 0 Å². The molecule has 0 aliphatic rings. The molecule has 0 unspecified atom stereocenters. The largest absolute Gasteiger partial charge is 0.507 e. The molecule has 1 N–H and O–H groups in total. The molecule has 0 spiro atoms. The molecule has 104 valence electrons. The van der Waals surface area contributed by atoms with Crippen LogP contribution in [0.25, 0.3) is 43.5 Å². The molecule has 0 radical (unpaired) electrons. The molecule has 5 aromatic rings. The maximum Gasteiger partial charge on any atom is 0.360 e. The molecule has 5 rings (SSSR count). The minimum Gasteiger partial charge on any atom is -0.507 e. The Hall–Kier alpha value is -3.07. The predicted octanol–water partition coefficient (Wildman–Crippen LogP) is 5.47. The molecule has 2 aromatic heterocycles. The molecule has 0 saturated heterocycles. The predicted molar refractivity (Wildman–Crippen MR) is 87.1 cm³/mol. The van der Waals surface area contributed by atoms with Crippen LogP contribution in [0.3, 0.4) is 0 Å². The van der Waals surface area contributed by atoms with E-state index in [4.69, 9.17) is 8.83 Å². The number of hydrogen-bond donors (Lipinski definition) is 1. The van der Waals surface area contributed by atoms with Crippen LogP contribution >= 0.6 is 0 Å². The SMILES string of the molecule is Oc1c2c3cccoc3ccc2c2ccc3[o+]cccc3c12. The average molecular weight is 287 g/mol. The molecule has 0 aliphatic heterocycles. The summed E-state index contributed by atoms with van der Waals surface area (Å²) < 4.78 is 11.1. The first kappa shape index (κ1) is 11.6. The van der Waals surface area contributed by atoms with Crippen molar-refractivity contribution in [3.8, 4) is 5.75 Å². The molecule has 0 atom stereocenters. The molecule has 3 heteroatoms. The van der Waals surface area contributed by atoms with Crippen molar-refractivity contribution in [3.05, 3.63) is 61.1 Å². The summed E-state index contributed by atoms with van der Waals surface area (Å²) in [5.74, 6) is 0.281. The number of fused-ring (bicyclic) bond motifs is 7. The van der Waals surface area contributed by atoms with E-state index in [0.717, 1.165) is 43.5 Å². The third-order valence-electron chi connectivity index (χ3n) is 4.25. The molecule has 3 aromatic carbocycles. The average Bonchev–Trinajstić information content (AvgIpc) is 2.88. The second-order valence-corrected chi connectivity index (χ2v) is 5.37. The fraction of sp³-hybridized carbons (Fsp3) is 0. The number of benzene rings is 2. The Morgan fingerprint density at radius 2 is 1.55 bits per heavy atom. The van der Waals surface area contributed by atoms with Gasteiger partial charge in [-0.25, -0.2) is 4.42 Å². The van der Waals surface area contributed by atoms with E-state index in [2.05, 4.69) is 0 Å². The molecule has 0 saturated carbocycles. The smallest absolute Gasteiger partial charge is 0.360 e. The zero-order chi connectivity index (χ0) is 14.7. The van der Waals surface area contributed by atoms with Gasteiger partial charge in [0.15, 0.2) is 0 Å². The van der Waals surface area contributed by atoms with E-state index in [-0.39, 0.29) is 5.75 Å². The highest BCUT2D eigenvalue weighted by Gasteiger charge is 2.19. The van der Waals surface area contributed by atoms with Gasteiger partial charge in [-0.3, -0.25) is 0 Å². The maximum absolute atomic E-state index is 10.9. The monoisotopic (exact) mass is 287 g/mol. The van der Waals surface area contributed by atoms with Crippen LogP contribution in [0.1, 0.15) is 0 Å². The second kappa shape index (κ2) is 3.98. The van der Waals surface area contributed by atoms with Gasteiger partial charge in [-0.1, -0.05) is 0 Å². The molecule has 0 amide bonds. The van der Waals surface area contributed by atoms with Gasteiger partial charge in [-0.2, -0.15) is 0 Å². The lowest BCUT2D eigenvalue weighted by Crippen LogP contribution is -1.73. The van der Waals surface area contributed by atoms with Crippen LogP contribution in [-0.2, 0) is 0 Å². The standard InChI is InChI=1S/C19H10O3/c20-19-17-11(5-7-15-13(17)3-1-9-21-15)12-6-8-16-14(18(12)19)4-2-10-22-16/h1-10H/p+1. The number of hydrogen-bond acceptors (Lipinski definition) is 2. The number of rotatable bonds is 0. The minimum absolute atomic E-state index is 0.281. The second-order valence-electron chi connectivity index (χ2n) is 5.37. The van der Waals surface area contributed by atoms with Crippen LogP contribution in [0.5, 0.6) is 5.75 Å². The van der Waals surface area contributed by atoms with Crippen molar-refractivity contribution in [1.82, 2.24) is 0 Å². The van der Waals surface area contributed by atoms with Crippen LogP contribution in [0.2, 0.25) is 0 Å².